The molecule has 7 heteroatoms. The third-order valence-corrected chi connectivity index (χ3v) is 2.79. The number of anilines is 1. The molecule has 0 fully saturated rings. The summed E-state index contributed by atoms with van der Waals surface area (Å²) in [6.45, 7) is -0.369. The van der Waals surface area contributed by atoms with Gasteiger partial charge in [0.1, 0.15) is 18.0 Å². The SMILES string of the molecule is Nc1ccn([C@@H]2C=C(CO)C(O)C2O)c(=O)n1. The molecule has 0 saturated carbocycles. The molecule has 1 aliphatic carbocycles. The molecule has 5 N–H and O–H groups in total. The van der Waals surface area contributed by atoms with E-state index in [0.29, 0.717) is 0 Å². The second kappa shape index (κ2) is 4.28. The van der Waals surface area contributed by atoms with Gasteiger partial charge in [-0.2, -0.15) is 4.98 Å². The number of rotatable bonds is 2. The zero-order chi connectivity index (χ0) is 12.6. The van der Waals surface area contributed by atoms with Gasteiger partial charge in [0.25, 0.3) is 0 Å². The minimum atomic E-state index is -1.18. The summed E-state index contributed by atoms with van der Waals surface area (Å²) in [5, 5.41) is 28.3. The Morgan fingerprint density at radius 1 is 1.47 bits per heavy atom. The predicted molar refractivity (Wildman–Crippen MR) is 59.1 cm³/mol. The first-order valence-corrected chi connectivity index (χ1v) is 5.07. The fourth-order valence-electron chi connectivity index (χ4n) is 1.87. The maximum atomic E-state index is 11.6. The summed E-state index contributed by atoms with van der Waals surface area (Å²) in [5.41, 5.74) is 5.02. The molecular weight excluding hydrogens is 226 g/mol. The molecule has 3 atom stereocenters. The van der Waals surface area contributed by atoms with Gasteiger partial charge in [0.15, 0.2) is 0 Å². The maximum Gasteiger partial charge on any atom is 0.350 e. The van der Waals surface area contributed by atoms with Crippen molar-refractivity contribution >= 4 is 5.82 Å². The summed E-state index contributed by atoms with van der Waals surface area (Å²) in [6.07, 6.45) is 0.492. The Hall–Kier alpha value is -1.70. The van der Waals surface area contributed by atoms with Gasteiger partial charge in [-0.3, -0.25) is 4.57 Å². The van der Waals surface area contributed by atoms with Gasteiger partial charge in [-0.15, -0.1) is 0 Å². The van der Waals surface area contributed by atoms with Crippen LogP contribution < -0.4 is 11.4 Å². The van der Waals surface area contributed by atoms with Crippen LogP contribution in [0.4, 0.5) is 5.82 Å². The molecule has 0 saturated heterocycles. The topological polar surface area (TPSA) is 122 Å². The molecule has 17 heavy (non-hydrogen) atoms. The average molecular weight is 239 g/mol. The van der Waals surface area contributed by atoms with E-state index in [1.807, 2.05) is 0 Å². The summed E-state index contributed by atoms with van der Waals surface area (Å²) >= 11 is 0. The third kappa shape index (κ3) is 1.95. The van der Waals surface area contributed by atoms with Crippen molar-refractivity contribution in [3.05, 3.63) is 34.4 Å². The van der Waals surface area contributed by atoms with Crippen LogP contribution in [-0.2, 0) is 0 Å². The molecule has 0 aliphatic heterocycles. The highest BCUT2D eigenvalue weighted by atomic mass is 16.3. The zero-order valence-corrected chi connectivity index (χ0v) is 8.89. The van der Waals surface area contributed by atoms with Crippen molar-refractivity contribution in [3.63, 3.8) is 0 Å². The van der Waals surface area contributed by atoms with E-state index in [9.17, 15) is 15.0 Å². The number of nitrogens with zero attached hydrogens (tertiary/aromatic N) is 2. The normalized spacial score (nSPS) is 28.2. The molecule has 0 radical (unpaired) electrons. The van der Waals surface area contributed by atoms with Crippen LogP contribution in [-0.4, -0.2) is 43.7 Å². The molecule has 0 spiro atoms. The zero-order valence-electron chi connectivity index (χ0n) is 8.89. The molecule has 0 bridgehead atoms. The third-order valence-electron chi connectivity index (χ3n) is 2.79. The first-order chi connectivity index (χ1) is 8.04. The predicted octanol–water partition coefficient (Wildman–Crippen LogP) is -1.98. The molecule has 1 aromatic heterocycles. The molecule has 7 nitrogen and oxygen atoms in total. The number of aliphatic hydroxyl groups excluding tert-OH is 3. The van der Waals surface area contributed by atoms with E-state index in [-0.39, 0.29) is 18.0 Å². The summed E-state index contributed by atoms with van der Waals surface area (Å²) < 4.78 is 1.16. The molecule has 2 unspecified atom stereocenters. The lowest BCUT2D eigenvalue weighted by molar-refractivity contribution is 0.0272. The number of nitrogen functional groups attached to an aromatic ring is 1. The van der Waals surface area contributed by atoms with Gasteiger partial charge in [-0.25, -0.2) is 4.79 Å². The van der Waals surface area contributed by atoms with Crippen LogP contribution in [0.3, 0.4) is 0 Å². The largest absolute Gasteiger partial charge is 0.392 e. The second-order valence-electron chi connectivity index (χ2n) is 3.87. The van der Waals surface area contributed by atoms with Crippen LogP contribution >= 0.6 is 0 Å². The first kappa shape index (κ1) is 11.8. The van der Waals surface area contributed by atoms with E-state index in [0.717, 1.165) is 4.57 Å². The Balaban J connectivity index is 2.41. The Morgan fingerprint density at radius 3 is 2.71 bits per heavy atom. The van der Waals surface area contributed by atoms with Gasteiger partial charge in [0, 0.05) is 6.20 Å². The Labute approximate surface area is 96.5 Å². The van der Waals surface area contributed by atoms with Gasteiger partial charge in [-0.1, -0.05) is 6.08 Å². The highest BCUT2D eigenvalue weighted by molar-refractivity contribution is 5.27. The van der Waals surface area contributed by atoms with E-state index in [1.54, 1.807) is 0 Å². The minimum absolute atomic E-state index is 0.0886. The molecule has 1 aliphatic rings. The maximum absolute atomic E-state index is 11.6. The lowest BCUT2D eigenvalue weighted by atomic mass is 10.1. The van der Waals surface area contributed by atoms with E-state index in [1.165, 1.54) is 18.3 Å². The van der Waals surface area contributed by atoms with E-state index in [2.05, 4.69) is 4.98 Å². The standard InChI is InChI=1S/C10H13N3O4/c11-7-1-2-13(10(17)12-7)6-3-5(4-14)8(15)9(6)16/h1-3,6,8-9,14-16H,4H2,(H2,11,12,17)/t6-,8?,9?/m1/s1. The number of nitrogens with two attached hydrogens (primary N) is 1. The fraction of sp³-hybridized carbons (Fsp3) is 0.400. The smallest absolute Gasteiger partial charge is 0.350 e. The number of hydrogen-bond donors (Lipinski definition) is 4. The van der Waals surface area contributed by atoms with Crippen molar-refractivity contribution in [2.24, 2.45) is 0 Å². The summed E-state index contributed by atoms with van der Waals surface area (Å²) in [4.78, 5) is 15.1. The Morgan fingerprint density at radius 2 is 2.18 bits per heavy atom. The molecule has 2 rings (SSSR count). The molecule has 0 amide bonds. The van der Waals surface area contributed by atoms with Crippen molar-refractivity contribution in [2.45, 2.75) is 18.2 Å². The monoisotopic (exact) mass is 239 g/mol. The lowest BCUT2D eigenvalue weighted by Gasteiger charge is -2.18. The van der Waals surface area contributed by atoms with E-state index in [4.69, 9.17) is 10.8 Å². The Bertz CT molecular complexity index is 511. The van der Waals surface area contributed by atoms with E-state index >= 15 is 0 Å². The van der Waals surface area contributed by atoms with Crippen molar-refractivity contribution in [2.75, 3.05) is 12.3 Å². The summed E-state index contributed by atoms with van der Waals surface area (Å²) in [5.74, 6) is 0.0886. The highest BCUT2D eigenvalue weighted by Crippen LogP contribution is 2.27. The number of aliphatic hydroxyl groups is 3. The van der Waals surface area contributed by atoms with Crippen molar-refractivity contribution in [1.29, 1.82) is 0 Å². The highest BCUT2D eigenvalue weighted by Gasteiger charge is 2.35. The quantitative estimate of drug-likeness (QED) is 0.444. The number of hydrogen-bond acceptors (Lipinski definition) is 6. The molecule has 1 aromatic rings. The molecule has 0 aromatic carbocycles. The van der Waals surface area contributed by atoms with Crippen LogP contribution in [0.25, 0.3) is 0 Å². The Kier molecular flexibility index (Phi) is 2.97. The fourth-order valence-corrected chi connectivity index (χ4v) is 1.87. The summed E-state index contributed by atoms with van der Waals surface area (Å²) in [6, 6.07) is 0.679. The van der Waals surface area contributed by atoms with Crippen LogP contribution in [0, 0.1) is 0 Å². The van der Waals surface area contributed by atoms with Crippen LogP contribution in [0.15, 0.2) is 28.7 Å². The average Bonchev–Trinajstić information content (AvgIpc) is 2.57. The van der Waals surface area contributed by atoms with E-state index < -0.39 is 23.9 Å². The van der Waals surface area contributed by atoms with Crippen molar-refractivity contribution < 1.29 is 15.3 Å². The van der Waals surface area contributed by atoms with Gasteiger partial charge >= 0.3 is 5.69 Å². The molecular formula is C10H13N3O4. The van der Waals surface area contributed by atoms with Crippen LogP contribution in [0.5, 0.6) is 0 Å². The van der Waals surface area contributed by atoms with Gasteiger partial charge in [0.2, 0.25) is 0 Å². The summed E-state index contributed by atoms with van der Waals surface area (Å²) in [7, 11) is 0. The lowest BCUT2D eigenvalue weighted by Crippen LogP contribution is -2.35. The van der Waals surface area contributed by atoms with Crippen molar-refractivity contribution in [1.82, 2.24) is 9.55 Å². The first-order valence-electron chi connectivity index (χ1n) is 5.07. The van der Waals surface area contributed by atoms with Gasteiger partial charge < -0.3 is 21.1 Å². The van der Waals surface area contributed by atoms with Crippen LogP contribution in [0.2, 0.25) is 0 Å². The van der Waals surface area contributed by atoms with Crippen molar-refractivity contribution in [3.8, 4) is 0 Å². The van der Waals surface area contributed by atoms with Crippen LogP contribution in [0.1, 0.15) is 6.04 Å². The minimum Gasteiger partial charge on any atom is -0.392 e. The second-order valence-corrected chi connectivity index (χ2v) is 3.87. The van der Waals surface area contributed by atoms with Gasteiger partial charge in [0.05, 0.1) is 12.6 Å². The molecule has 1 heterocycles. The van der Waals surface area contributed by atoms with Gasteiger partial charge in [-0.05, 0) is 11.6 Å². The number of aromatic nitrogens is 2. The molecule has 92 valence electrons.